The topological polar surface area (TPSA) is 43.7 Å². The van der Waals surface area contributed by atoms with Gasteiger partial charge in [-0.15, -0.1) is 0 Å². The molecule has 100 valence electrons. The lowest BCUT2D eigenvalue weighted by molar-refractivity contribution is 0.238. The molecule has 0 amide bonds. The second-order valence-electron chi connectivity index (χ2n) is 4.96. The second kappa shape index (κ2) is 7.57. The molecule has 0 aliphatic rings. The van der Waals surface area contributed by atoms with Gasteiger partial charge in [0.2, 0.25) is 0 Å². The third-order valence-corrected chi connectivity index (χ3v) is 3.37. The van der Waals surface area contributed by atoms with E-state index in [1.165, 1.54) is 6.42 Å². The summed E-state index contributed by atoms with van der Waals surface area (Å²) in [6.07, 6.45) is 1.19. The largest absolute Gasteiger partial charge is 0.488 e. The normalized spacial score (nSPS) is 12.8. The van der Waals surface area contributed by atoms with Gasteiger partial charge in [0.15, 0.2) is 0 Å². The summed E-state index contributed by atoms with van der Waals surface area (Å²) in [5, 5.41) is 18.3. The molecule has 0 aliphatic heterocycles. The summed E-state index contributed by atoms with van der Waals surface area (Å²) < 4.78 is 0. The van der Waals surface area contributed by atoms with Gasteiger partial charge in [-0.05, 0) is 23.5 Å². The summed E-state index contributed by atoms with van der Waals surface area (Å²) >= 11 is 0. The van der Waals surface area contributed by atoms with Gasteiger partial charge in [-0.2, -0.15) is 0 Å². The average Bonchev–Trinajstić information content (AvgIpc) is 2.38. The van der Waals surface area contributed by atoms with Crippen LogP contribution in [0.5, 0.6) is 0 Å². The van der Waals surface area contributed by atoms with E-state index in [9.17, 15) is 0 Å². The lowest BCUT2D eigenvalue weighted by Crippen LogP contribution is -2.31. The predicted octanol–water partition coefficient (Wildman–Crippen LogP) is 1.23. The lowest BCUT2D eigenvalue weighted by atomic mass is 9.79. The van der Waals surface area contributed by atoms with Crippen molar-refractivity contribution in [1.82, 2.24) is 4.90 Å². The molecule has 0 radical (unpaired) electrons. The van der Waals surface area contributed by atoms with E-state index in [0.717, 1.165) is 25.2 Å². The van der Waals surface area contributed by atoms with Crippen molar-refractivity contribution in [3.8, 4) is 0 Å². The number of nitrogens with zero attached hydrogens (tertiary/aromatic N) is 1. The van der Waals surface area contributed by atoms with Crippen molar-refractivity contribution in [3.05, 3.63) is 29.8 Å². The van der Waals surface area contributed by atoms with Gasteiger partial charge in [0, 0.05) is 13.1 Å². The number of benzene rings is 1. The summed E-state index contributed by atoms with van der Waals surface area (Å²) in [7, 11) is -1.38. The third-order valence-electron chi connectivity index (χ3n) is 3.37. The Bertz CT molecular complexity index is 357. The zero-order chi connectivity index (χ0) is 13.5. The average molecular weight is 249 g/mol. The molecule has 0 aromatic heterocycles. The standard InChI is InChI=1S/C14H24BNO2/c1-4-12(3)10-16(5-2)11-13-7-6-8-14(9-13)15(17)18/h6-9,12,17-18H,4-5,10-11H2,1-3H3. The molecule has 0 bridgehead atoms. The van der Waals surface area contributed by atoms with E-state index in [1.54, 1.807) is 6.07 Å². The fourth-order valence-electron chi connectivity index (χ4n) is 1.99. The number of hydrogen-bond acceptors (Lipinski definition) is 3. The van der Waals surface area contributed by atoms with Crippen LogP contribution in [0.2, 0.25) is 0 Å². The Morgan fingerprint density at radius 1 is 1.28 bits per heavy atom. The monoisotopic (exact) mass is 249 g/mol. The zero-order valence-electron chi connectivity index (χ0n) is 11.6. The van der Waals surface area contributed by atoms with Crippen LogP contribution in [0, 0.1) is 5.92 Å². The van der Waals surface area contributed by atoms with Crippen molar-refractivity contribution in [2.75, 3.05) is 13.1 Å². The highest BCUT2D eigenvalue weighted by Gasteiger charge is 2.12. The van der Waals surface area contributed by atoms with Gasteiger partial charge >= 0.3 is 7.12 Å². The van der Waals surface area contributed by atoms with E-state index in [2.05, 4.69) is 25.7 Å². The van der Waals surface area contributed by atoms with Gasteiger partial charge < -0.3 is 10.0 Å². The van der Waals surface area contributed by atoms with Crippen LogP contribution in [0.1, 0.15) is 32.8 Å². The Morgan fingerprint density at radius 2 is 2.00 bits per heavy atom. The first-order chi connectivity index (χ1) is 8.56. The molecule has 1 atom stereocenters. The Kier molecular flexibility index (Phi) is 6.40. The minimum atomic E-state index is -1.38. The molecule has 0 saturated carbocycles. The maximum Gasteiger partial charge on any atom is 0.488 e. The minimum Gasteiger partial charge on any atom is -0.423 e. The molecule has 18 heavy (non-hydrogen) atoms. The fourth-order valence-corrected chi connectivity index (χ4v) is 1.99. The molecule has 1 rings (SSSR count). The van der Waals surface area contributed by atoms with Crippen LogP contribution in [-0.4, -0.2) is 35.2 Å². The molecule has 4 heteroatoms. The molecular formula is C14H24BNO2. The van der Waals surface area contributed by atoms with Crippen molar-refractivity contribution in [2.24, 2.45) is 5.92 Å². The van der Waals surface area contributed by atoms with E-state index in [4.69, 9.17) is 10.0 Å². The molecule has 1 unspecified atom stereocenters. The highest BCUT2D eigenvalue weighted by atomic mass is 16.4. The molecule has 2 N–H and O–H groups in total. The van der Waals surface area contributed by atoms with Gasteiger partial charge in [0.1, 0.15) is 0 Å². The third kappa shape index (κ3) is 4.80. The van der Waals surface area contributed by atoms with Crippen molar-refractivity contribution in [2.45, 2.75) is 33.7 Å². The lowest BCUT2D eigenvalue weighted by Gasteiger charge is -2.24. The summed E-state index contributed by atoms with van der Waals surface area (Å²) in [6.45, 7) is 9.58. The zero-order valence-corrected chi connectivity index (χ0v) is 11.6. The molecule has 1 aromatic rings. The Labute approximate surface area is 111 Å². The molecule has 0 spiro atoms. The number of hydrogen-bond donors (Lipinski definition) is 2. The van der Waals surface area contributed by atoms with Crippen LogP contribution < -0.4 is 5.46 Å². The predicted molar refractivity (Wildman–Crippen MR) is 76.7 cm³/mol. The van der Waals surface area contributed by atoms with Crippen LogP contribution in [-0.2, 0) is 6.54 Å². The molecule has 0 saturated heterocycles. The first-order valence-electron chi connectivity index (χ1n) is 6.74. The summed E-state index contributed by atoms with van der Waals surface area (Å²) in [5.41, 5.74) is 1.69. The fraction of sp³-hybridized carbons (Fsp3) is 0.571. The maximum atomic E-state index is 9.16. The summed E-state index contributed by atoms with van der Waals surface area (Å²) in [5.74, 6) is 0.691. The van der Waals surface area contributed by atoms with Gasteiger partial charge in [-0.1, -0.05) is 51.5 Å². The van der Waals surface area contributed by atoms with Crippen LogP contribution in [0.3, 0.4) is 0 Å². The molecule has 1 aromatic carbocycles. The van der Waals surface area contributed by atoms with Gasteiger partial charge in [0.05, 0.1) is 0 Å². The second-order valence-corrected chi connectivity index (χ2v) is 4.96. The van der Waals surface area contributed by atoms with Crippen LogP contribution in [0.4, 0.5) is 0 Å². The maximum absolute atomic E-state index is 9.16. The van der Waals surface area contributed by atoms with Gasteiger partial charge in [-0.3, -0.25) is 4.90 Å². The van der Waals surface area contributed by atoms with E-state index in [1.807, 2.05) is 18.2 Å². The van der Waals surface area contributed by atoms with E-state index in [-0.39, 0.29) is 0 Å². The quantitative estimate of drug-likeness (QED) is 0.714. The molecule has 3 nitrogen and oxygen atoms in total. The summed E-state index contributed by atoms with van der Waals surface area (Å²) in [6, 6.07) is 7.51. The highest BCUT2D eigenvalue weighted by Crippen LogP contribution is 2.08. The molecular weight excluding hydrogens is 225 g/mol. The Morgan fingerprint density at radius 3 is 2.56 bits per heavy atom. The van der Waals surface area contributed by atoms with E-state index < -0.39 is 7.12 Å². The van der Waals surface area contributed by atoms with Crippen LogP contribution >= 0.6 is 0 Å². The van der Waals surface area contributed by atoms with Crippen LogP contribution in [0.15, 0.2) is 24.3 Å². The Balaban J connectivity index is 2.66. The SMILES string of the molecule is CCC(C)CN(CC)Cc1cccc(B(O)O)c1. The van der Waals surface area contributed by atoms with Crippen molar-refractivity contribution in [3.63, 3.8) is 0 Å². The van der Waals surface area contributed by atoms with Crippen molar-refractivity contribution in [1.29, 1.82) is 0 Å². The minimum absolute atomic E-state index is 0.562. The van der Waals surface area contributed by atoms with Crippen molar-refractivity contribution < 1.29 is 10.0 Å². The molecule has 0 aliphatic carbocycles. The molecule has 0 heterocycles. The van der Waals surface area contributed by atoms with E-state index in [0.29, 0.717) is 11.4 Å². The van der Waals surface area contributed by atoms with Crippen molar-refractivity contribution >= 4 is 12.6 Å². The van der Waals surface area contributed by atoms with Gasteiger partial charge in [0.25, 0.3) is 0 Å². The highest BCUT2D eigenvalue weighted by molar-refractivity contribution is 6.58. The summed E-state index contributed by atoms with van der Waals surface area (Å²) in [4.78, 5) is 2.39. The molecule has 0 fully saturated rings. The van der Waals surface area contributed by atoms with Gasteiger partial charge in [-0.25, -0.2) is 0 Å². The van der Waals surface area contributed by atoms with Crippen LogP contribution in [0.25, 0.3) is 0 Å². The first-order valence-corrected chi connectivity index (χ1v) is 6.74. The Hall–Kier alpha value is -0.835. The van der Waals surface area contributed by atoms with E-state index >= 15 is 0 Å². The number of rotatable bonds is 7. The first kappa shape index (κ1) is 15.2. The smallest absolute Gasteiger partial charge is 0.423 e.